The van der Waals surface area contributed by atoms with Crippen LogP contribution in [0.25, 0.3) is 0 Å². The zero-order chi connectivity index (χ0) is 8.48. The average Bonchev–Trinajstić information content (AvgIpc) is 2.10. The largest absolute Gasteiger partial charge is 0.469 e. The number of phosphoric ester groups is 1. The minimum atomic E-state index is -4.32. The smallest absolute Gasteiger partial charge is 0.303 e. The van der Waals surface area contributed by atoms with Crippen LogP contribution in [0.1, 0.15) is 6.42 Å². The lowest BCUT2D eigenvalue weighted by atomic mass is 10.3. The number of phosphoric acid groups is 1. The molecule has 7 heteroatoms. The van der Waals surface area contributed by atoms with E-state index in [1.54, 1.807) is 0 Å². The summed E-state index contributed by atoms with van der Waals surface area (Å²) in [6.07, 6.45) is 0.141. The average molecular weight is 182 g/mol. The summed E-state index contributed by atoms with van der Waals surface area (Å²) in [5.41, 5.74) is 0. The van der Waals surface area contributed by atoms with Gasteiger partial charge >= 0.3 is 7.82 Å². The zero-order valence-electron chi connectivity index (χ0n) is 5.88. The first-order valence-corrected chi connectivity index (χ1v) is 4.74. The molecule has 0 aromatic rings. The number of hydrogen-bond donors (Lipinski definition) is 3. The molecule has 1 aliphatic rings. The lowest BCUT2D eigenvalue weighted by Crippen LogP contribution is -2.29. The lowest BCUT2D eigenvalue weighted by Gasteiger charge is -2.11. The van der Waals surface area contributed by atoms with Crippen molar-refractivity contribution in [2.75, 3.05) is 13.1 Å². The van der Waals surface area contributed by atoms with E-state index >= 15 is 0 Å². The van der Waals surface area contributed by atoms with Crippen molar-refractivity contribution in [1.82, 2.24) is 5.01 Å². The Balaban J connectivity index is 2.34. The Bertz CT molecular complexity index is 181. The second kappa shape index (κ2) is 3.18. The van der Waals surface area contributed by atoms with Crippen LogP contribution in [0.4, 0.5) is 0 Å². The number of nitrogens with two attached hydrogens (primary N) is 1. The fourth-order valence-corrected chi connectivity index (χ4v) is 1.59. The molecule has 0 amide bonds. The van der Waals surface area contributed by atoms with Gasteiger partial charge in [-0.3, -0.25) is 10.4 Å². The number of hydrogen-bond acceptors (Lipinski definition) is 4. The van der Waals surface area contributed by atoms with E-state index in [1.807, 2.05) is 0 Å². The fraction of sp³-hybridized carbons (Fsp3) is 1.00. The molecular weight excluding hydrogens is 171 g/mol. The van der Waals surface area contributed by atoms with Crippen molar-refractivity contribution in [3.05, 3.63) is 0 Å². The monoisotopic (exact) mass is 182 g/mol. The SMILES string of the molecule is NN1CCC(OP(=O)(O)O)C1. The molecule has 4 N–H and O–H groups in total. The molecule has 1 atom stereocenters. The van der Waals surface area contributed by atoms with Crippen LogP contribution in [0.15, 0.2) is 0 Å². The Labute approximate surface area is 64.1 Å². The Hall–Kier alpha value is 0.0300. The van der Waals surface area contributed by atoms with Gasteiger partial charge in [-0.05, 0) is 6.42 Å². The normalized spacial score (nSPS) is 27.7. The van der Waals surface area contributed by atoms with E-state index in [9.17, 15) is 4.57 Å². The summed E-state index contributed by atoms with van der Waals surface area (Å²) in [4.78, 5) is 16.8. The van der Waals surface area contributed by atoms with Gasteiger partial charge in [-0.15, -0.1) is 0 Å². The van der Waals surface area contributed by atoms with E-state index in [0.717, 1.165) is 0 Å². The molecule has 66 valence electrons. The molecule has 6 nitrogen and oxygen atoms in total. The summed E-state index contributed by atoms with van der Waals surface area (Å²) in [5.74, 6) is 5.34. The van der Waals surface area contributed by atoms with Gasteiger partial charge in [0.05, 0.1) is 6.10 Å². The van der Waals surface area contributed by atoms with E-state index < -0.39 is 13.9 Å². The van der Waals surface area contributed by atoms with Crippen molar-refractivity contribution in [3.8, 4) is 0 Å². The lowest BCUT2D eigenvalue weighted by molar-refractivity contribution is 0.136. The summed E-state index contributed by atoms with van der Waals surface area (Å²) >= 11 is 0. The highest BCUT2D eigenvalue weighted by Gasteiger charge is 2.27. The quantitative estimate of drug-likeness (QED) is 0.376. The Kier molecular flexibility index (Phi) is 2.64. The first-order chi connectivity index (χ1) is 4.97. The highest BCUT2D eigenvalue weighted by atomic mass is 31.2. The van der Waals surface area contributed by atoms with Crippen molar-refractivity contribution in [2.24, 2.45) is 5.84 Å². The van der Waals surface area contributed by atoms with E-state index in [0.29, 0.717) is 19.5 Å². The number of nitrogens with zero attached hydrogens (tertiary/aromatic N) is 1. The molecule has 0 bridgehead atoms. The van der Waals surface area contributed by atoms with Crippen LogP contribution >= 0.6 is 7.82 Å². The summed E-state index contributed by atoms with van der Waals surface area (Å²) in [6, 6.07) is 0. The minimum Gasteiger partial charge on any atom is -0.303 e. The Morgan fingerprint density at radius 2 is 2.27 bits per heavy atom. The van der Waals surface area contributed by atoms with Crippen LogP contribution < -0.4 is 5.84 Å². The van der Waals surface area contributed by atoms with Crippen LogP contribution in [-0.2, 0) is 9.09 Å². The zero-order valence-corrected chi connectivity index (χ0v) is 6.78. The van der Waals surface area contributed by atoms with E-state index in [1.165, 1.54) is 5.01 Å². The molecule has 11 heavy (non-hydrogen) atoms. The molecule has 1 heterocycles. The molecule has 0 aromatic carbocycles. The van der Waals surface area contributed by atoms with Crippen molar-refractivity contribution in [2.45, 2.75) is 12.5 Å². The maximum Gasteiger partial charge on any atom is 0.469 e. The third kappa shape index (κ3) is 3.29. The molecule has 1 fully saturated rings. The van der Waals surface area contributed by atoms with Crippen LogP contribution in [0, 0.1) is 0 Å². The Morgan fingerprint density at radius 3 is 2.64 bits per heavy atom. The molecule has 0 spiro atoms. The summed E-state index contributed by atoms with van der Waals surface area (Å²) in [7, 11) is -4.32. The van der Waals surface area contributed by atoms with Gasteiger partial charge in [0.2, 0.25) is 0 Å². The predicted octanol–water partition coefficient (Wildman–Crippen LogP) is -0.956. The van der Waals surface area contributed by atoms with Gasteiger partial charge in [0.15, 0.2) is 0 Å². The van der Waals surface area contributed by atoms with Crippen molar-refractivity contribution in [1.29, 1.82) is 0 Å². The first kappa shape index (κ1) is 9.12. The summed E-state index contributed by atoms with van der Waals surface area (Å²) < 4.78 is 14.7. The molecule has 0 saturated carbocycles. The molecular formula is C4H11N2O4P. The van der Waals surface area contributed by atoms with E-state index in [-0.39, 0.29) is 0 Å². The first-order valence-electron chi connectivity index (χ1n) is 3.21. The van der Waals surface area contributed by atoms with Gasteiger partial charge in [-0.2, -0.15) is 0 Å². The van der Waals surface area contributed by atoms with Crippen LogP contribution in [0.3, 0.4) is 0 Å². The van der Waals surface area contributed by atoms with Gasteiger partial charge in [-0.25, -0.2) is 9.57 Å². The molecule has 1 rings (SSSR count). The van der Waals surface area contributed by atoms with Gasteiger partial charge < -0.3 is 9.79 Å². The molecule has 1 unspecified atom stereocenters. The van der Waals surface area contributed by atoms with Gasteiger partial charge in [0.25, 0.3) is 0 Å². The summed E-state index contributed by atoms with van der Waals surface area (Å²) in [6.45, 7) is 0.996. The standard InChI is InChI=1S/C4H11N2O4P/c5-6-2-1-4(3-6)10-11(7,8)9/h4H,1-3,5H2,(H2,7,8,9). The van der Waals surface area contributed by atoms with Crippen molar-refractivity contribution in [3.63, 3.8) is 0 Å². The maximum atomic E-state index is 10.3. The van der Waals surface area contributed by atoms with Crippen LogP contribution in [0.2, 0.25) is 0 Å². The van der Waals surface area contributed by atoms with Crippen LogP contribution in [-0.4, -0.2) is 34.0 Å². The third-order valence-electron chi connectivity index (χ3n) is 1.46. The van der Waals surface area contributed by atoms with Gasteiger partial charge in [-0.1, -0.05) is 0 Å². The highest BCUT2D eigenvalue weighted by Crippen LogP contribution is 2.39. The minimum absolute atomic E-state index is 0.380. The summed E-state index contributed by atoms with van der Waals surface area (Å²) in [5, 5.41) is 1.47. The third-order valence-corrected chi connectivity index (χ3v) is 2.04. The topological polar surface area (TPSA) is 96.0 Å². The predicted molar refractivity (Wildman–Crippen MR) is 37.3 cm³/mol. The Morgan fingerprint density at radius 1 is 1.64 bits per heavy atom. The van der Waals surface area contributed by atoms with Gasteiger partial charge in [0.1, 0.15) is 0 Å². The van der Waals surface area contributed by atoms with Crippen LogP contribution in [0.5, 0.6) is 0 Å². The molecule has 1 aliphatic heterocycles. The second-order valence-electron chi connectivity index (χ2n) is 2.50. The van der Waals surface area contributed by atoms with Crippen molar-refractivity contribution < 1.29 is 18.9 Å². The highest BCUT2D eigenvalue weighted by molar-refractivity contribution is 7.46. The van der Waals surface area contributed by atoms with Gasteiger partial charge in [0, 0.05) is 13.1 Å². The molecule has 0 aliphatic carbocycles. The molecule has 0 radical (unpaired) electrons. The fourth-order valence-electron chi connectivity index (χ4n) is 1.03. The molecule has 0 aromatic heterocycles. The van der Waals surface area contributed by atoms with E-state index in [2.05, 4.69) is 4.52 Å². The second-order valence-corrected chi connectivity index (χ2v) is 3.69. The molecule has 1 saturated heterocycles. The number of rotatable bonds is 2. The van der Waals surface area contributed by atoms with E-state index in [4.69, 9.17) is 15.6 Å². The number of hydrazine groups is 1. The van der Waals surface area contributed by atoms with Crippen molar-refractivity contribution >= 4 is 7.82 Å². The maximum absolute atomic E-state index is 10.3.